The molecule has 0 bridgehead atoms. The minimum Gasteiger partial charge on any atom is -0.356 e. The van der Waals surface area contributed by atoms with Gasteiger partial charge >= 0.3 is 0 Å². The lowest BCUT2D eigenvalue weighted by molar-refractivity contribution is 0.426. The molecule has 8 heteroatoms. The third-order valence-corrected chi connectivity index (χ3v) is 5.64. The van der Waals surface area contributed by atoms with Crippen molar-refractivity contribution in [3.05, 3.63) is 70.7 Å². The van der Waals surface area contributed by atoms with E-state index in [0.717, 1.165) is 28.1 Å². The second kappa shape index (κ2) is 7.55. The fourth-order valence-corrected chi connectivity index (χ4v) is 3.78. The highest BCUT2D eigenvalue weighted by Gasteiger charge is 2.17. The lowest BCUT2D eigenvalue weighted by Gasteiger charge is -2.09. The molecule has 0 atom stereocenters. The van der Waals surface area contributed by atoms with E-state index in [0.29, 0.717) is 16.7 Å². The third-order valence-electron chi connectivity index (χ3n) is 4.71. The lowest BCUT2D eigenvalue weighted by Crippen LogP contribution is -2.02. The second-order valence-corrected chi connectivity index (χ2v) is 7.41. The van der Waals surface area contributed by atoms with Crippen molar-refractivity contribution in [3.63, 3.8) is 0 Å². The summed E-state index contributed by atoms with van der Waals surface area (Å²) >= 11 is 1.49. The Bertz CT molecular complexity index is 1120. The number of thioether (sulfide) groups is 1. The fraction of sp³-hybridized carbons (Fsp3) is 0.200. The summed E-state index contributed by atoms with van der Waals surface area (Å²) in [6.45, 7) is 6.06. The van der Waals surface area contributed by atoms with Crippen LogP contribution in [0.4, 0.5) is 4.39 Å². The highest BCUT2D eigenvalue weighted by atomic mass is 32.2. The predicted molar refractivity (Wildman–Crippen MR) is 105 cm³/mol. The molecule has 0 radical (unpaired) electrons. The SMILES string of the molecule is Cc1cccc(-n2nnnc2SCc2noc(-c3ccc(F)cc3)c2C)c1C. The monoisotopic (exact) mass is 395 g/mol. The van der Waals surface area contributed by atoms with Crippen LogP contribution in [-0.2, 0) is 5.75 Å². The van der Waals surface area contributed by atoms with Gasteiger partial charge in [-0.05, 0) is 72.7 Å². The molecular weight excluding hydrogens is 377 g/mol. The van der Waals surface area contributed by atoms with Crippen LogP contribution in [0.15, 0.2) is 52.1 Å². The van der Waals surface area contributed by atoms with Crippen molar-refractivity contribution in [2.24, 2.45) is 0 Å². The summed E-state index contributed by atoms with van der Waals surface area (Å²) in [4.78, 5) is 0. The number of hydrogen-bond acceptors (Lipinski definition) is 6. The van der Waals surface area contributed by atoms with Crippen molar-refractivity contribution >= 4 is 11.8 Å². The normalized spacial score (nSPS) is 11.1. The van der Waals surface area contributed by atoms with Gasteiger partial charge in [-0.1, -0.05) is 29.1 Å². The maximum Gasteiger partial charge on any atom is 0.214 e. The van der Waals surface area contributed by atoms with Crippen LogP contribution >= 0.6 is 11.8 Å². The summed E-state index contributed by atoms with van der Waals surface area (Å²) in [5, 5.41) is 17.0. The van der Waals surface area contributed by atoms with Crippen LogP contribution in [0.5, 0.6) is 0 Å². The highest BCUT2D eigenvalue weighted by Crippen LogP contribution is 2.30. The summed E-state index contributed by atoms with van der Waals surface area (Å²) < 4.78 is 20.4. The molecule has 0 N–H and O–H groups in total. The molecule has 0 saturated carbocycles. The van der Waals surface area contributed by atoms with Crippen molar-refractivity contribution in [2.45, 2.75) is 31.7 Å². The van der Waals surface area contributed by atoms with Gasteiger partial charge < -0.3 is 4.52 Å². The van der Waals surface area contributed by atoms with Gasteiger partial charge in [-0.25, -0.2) is 4.39 Å². The zero-order valence-corrected chi connectivity index (χ0v) is 16.5. The number of hydrogen-bond donors (Lipinski definition) is 0. The second-order valence-electron chi connectivity index (χ2n) is 6.47. The van der Waals surface area contributed by atoms with Gasteiger partial charge in [-0.3, -0.25) is 0 Å². The first-order chi connectivity index (χ1) is 13.5. The largest absolute Gasteiger partial charge is 0.356 e. The van der Waals surface area contributed by atoms with Crippen LogP contribution in [0.2, 0.25) is 0 Å². The molecule has 2 aromatic heterocycles. The molecule has 142 valence electrons. The van der Waals surface area contributed by atoms with Gasteiger partial charge in [0.05, 0.1) is 11.4 Å². The van der Waals surface area contributed by atoms with Crippen LogP contribution in [0, 0.1) is 26.6 Å². The van der Waals surface area contributed by atoms with E-state index in [1.807, 2.05) is 19.1 Å². The zero-order valence-electron chi connectivity index (χ0n) is 15.7. The smallest absolute Gasteiger partial charge is 0.214 e. The minimum absolute atomic E-state index is 0.282. The minimum atomic E-state index is -0.282. The number of rotatable bonds is 5. The Morgan fingerprint density at radius 3 is 2.61 bits per heavy atom. The van der Waals surface area contributed by atoms with E-state index in [9.17, 15) is 4.39 Å². The standard InChI is InChI=1S/C20H18FN5OS/c1-12-5-4-6-18(13(12)2)26-20(22-24-25-26)28-11-17-14(3)19(27-23-17)15-7-9-16(21)10-8-15/h4-10H,11H2,1-3H3. The molecule has 0 saturated heterocycles. The van der Waals surface area contributed by atoms with E-state index in [-0.39, 0.29) is 5.82 Å². The maximum atomic E-state index is 13.1. The van der Waals surface area contributed by atoms with Crippen LogP contribution in [0.25, 0.3) is 17.0 Å². The van der Waals surface area contributed by atoms with Crippen molar-refractivity contribution in [2.75, 3.05) is 0 Å². The third kappa shape index (κ3) is 3.43. The molecule has 0 aliphatic heterocycles. The number of tetrazole rings is 1. The van der Waals surface area contributed by atoms with Crippen molar-refractivity contribution < 1.29 is 8.91 Å². The molecule has 0 aliphatic carbocycles. The zero-order chi connectivity index (χ0) is 19.7. The summed E-state index contributed by atoms with van der Waals surface area (Å²) in [6, 6.07) is 12.2. The highest BCUT2D eigenvalue weighted by molar-refractivity contribution is 7.98. The van der Waals surface area contributed by atoms with Crippen molar-refractivity contribution in [1.29, 1.82) is 0 Å². The lowest BCUT2D eigenvalue weighted by atomic mass is 10.1. The van der Waals surface area contributed by atoms with Gasteiger partial charge in [-0.15, -0.1) is 5.10 Å². The van der Waals surface area contributed by atoms with Gasteiger partial charge in [0.25, 0.3) is 0 Å². The van der Waals surface area contributed by atoms with Gasteiger partial charge in [0.15, 0.2) is 5.76 Å². The molecule has 0 aliphatic rings. The first-order valence-corrected chi connectivity index (χ1v) is 9.72. The maximum absolute atomic E-state index is 13.1. The average Bonchev–Trinajstić information content (AvgIpc) is 3.30. The molecule has 0 spiro atoms. The molecule has 2 heterocycles. The van der Waals surface area contributed by atoms with Crippen LogP contribution in [0.1, 0.15) is 22.4 Å². The molecule has 4 rings (SSSR count). The Hall–Kier alpha value is -3.00. The molecule has 2 aromatic carbocycles. The predicted octanol–water partition coefficient (Wildman–Crippen LogP) is 4.67. The number of benzene rings is 2. The molecule has 0 unspecified atom stereocenters. The Kier molecular flexibility index (Phi) is 4.95. The number of nitrogens with zero attached hydrogens (tertiary/aromatic N) is 5. The van der Waals surface area contributed by atoms with Gasteiger partial charge in [-0.2, -0.15) is 4.68 Å². The van der Waals surface area contributed by atoms with E-state index in [4.69, 9.17) is 4.52 Å². The topological polar surface area (TPSA) is 69.6 Å². The van der Waals surface area contributed by atoms with Crippen LogP contribution in [0.3, 0.4) is 0 Å². The molecule has 0 fully saturated rings. The number of aromatic nitrogens is 5. The summed E-state index contributed by atoms with van der Waals surface area (Å²) in [5.41, 5.74) is 5.79. The van der Waals surface area contributed by atoms with E-state index in [1.54, 1.807) is 16.8 Å². The van der Waals surface area contributed by atoms with Crippen molar-refractivity contribution in [1.82, 2.24) is 25.4 Å². The molecule has 28 heavy (non-hydrogen) atoms. The van der Waals surface area contributed by atoms with Gasteiger partial charge in [0, 0.05) is 16.9 Å². The Morgan fingerprint density at radius 1 is 1.04 bits per heavy atom. The summed E-state index contributed by atoms with van der Waals surface area (Å²) in [6.07, 6.45) is 0. The van der Waals surface area contributed by atoms with Crippen molar-refractivity contribution in [3.8, 4) is 17.0 Å². The quantitative estimate of drug-likeness (QED) is 0.457. The fourth-order valence-electron chi connectivity index (χ4n) is 2.89. The number of halogens is 1. The Balaban J connectivity index is 1.56. The molecule has 4 aromatic rings. The van der Waals surface area contributed by atoms with E-state index in [2.05, 4.69) is 40.6 Å². The summed E-state index contributed by atoms with van der Waals surface area (Å²) in [5.74, 6) is 0.918. The van der Waals surface area contributed by atoms with E-state index in [1.165, 1.54) is 29.5 Å². The molecule has 0 amide bonds. The first kappa shape index (κ1) is 18.4. The van der Waals surface area contributed by atoms with Crippen LogP contribution in [-0.4, -0.2) is 25.4 Å². The first-order valence-electron chi connectivity index (χ1n) is 8.73. The van der Waals surface area contributed by atoms with E-state index >= 15 is 0 Å². The summed E-state index contributed by atoms with van der Waals surface area (Å²) in [7, 11) is 0. The average molecular weight is 395 g/mol. The Morgan fingerprint density at radius 2 is 1.82 bits per heavy atom. The molecular formula is C20H18FN5OS. The van der Waals surface area contributed by atoms with Gasteiger partial charge in [0.2, 0.25) is 5.16 Å². The van der Waals surface area contributed by atoms with Gasteiger partial charge in [0.1, 0.15) is 5.82 Å². The molecule has 6 nitrogen and oxygen atoms in total. The Labute approximate surface area is 165 Å². The van der Waals surface area contributed by atoms with Crippen LogP contribution < -0.4 is 0 Å². The number of aryl methyl sites for hydroxylation is 1. The van der Waals surface area contributed by atoms with E-state index < -0.39 is 0 Å².